The summed E-state index contributed by atoms with van der Waals surface area (Å²) in [6, 6.07) is 8.76. The summed E-state index contributed by atoms with van der Waals surface area (Å²) >= 11 is 1.22. The van der Waals surface area contributed by atoms with Crippen LogP contribution >= 0.6 is 11.8 Å². The number of phenolic OH excluding ortho intramolecular Hbond substituents is 1. The number of aromatic hydroxyl groups is 1. The second-order valence-electron chi connectivity index (χ2n) is 6.39. The van der Waals surface area contributed by atoms with Gasteiger partial charge in [-0.3, -0.25) is 4.79 Å². The van der Waals surface area contributed by atoms with E-state index in [1.165, 1.54) is 16.4 Å². The molecule has 1 aliphatic carbocycles. The number of benzene rings is 1. The highest BCUT2D eigenvalue weighted by atomic mass is 32.2. The van der Waals surface area contributed by atoms with Gasteiger partial charge in [0, 0.05) is 0 Å². The third-order valence-corrected chi connectivity index (χ3v) is 5.50. The molecule has 2 N–H and O–H groups in total. The fraction of sp³-hybridized carbons (Fsp3) is 0.471. The standard InChI is InChI=1S/C17H20N6O2S/c1-12(15(25)19-17(11-18)9-3-2-4-10-17)26-16-20-21-22-23(16)13-5-7-14(24)8-6-13/h5-8,12,24H,2-4,9-10H2,1H3,(H,19,25)/t12-/m0/s1. The third kappa shape index (κ3) is 3.96. The molecule has 1 aromatic carbocycles. The Morgan fingerprint density at radius 3 is 2.69 bits per heavy atom. The van der Waals surface area contributed by atoms with Gasteiger partial charge in [-0.05, 0) is 54.5 Å². The monoisotopic (exact) mass is 372 g/mol. The zero-order valence-corrected chi connectivity index (χ0v) is 15.2. The second-order valence-corrected chi connectivity index (χ2v) is 7.70. The summed E-state index contributed by atoms with van der Waals surface area (Å²) in [4.78, 5) is 12.6. The van der Waals surface area contributed by atoms with Crippen molar-refractivity contribution in [2.45, 2.75) is 55.0 Å². The van der Waals surface area contributed by atoms with Crippen molar-refractivity contribution in [2.75, 3.05) is 0 Å². The van der Waals surface area contributed by atoms with Gasteiger partial charge in [-0.25, -0.2) is 0 Å². The van der Waals surface area contributed by atoms with E-state index in [0.29, 0.717) is 23.7 Å². The van der Waals surface area contributed by atoms with Crippen molar-refractivity contribution in [1.82, 2.24) is 25.5 Å². The Balaban J connectivity index is 1.69. The van der Waals surface area contributed by atoms with Crippen LogP contribution in [-0.2, 0) is 4.79 Å². The molecule has 2 aromatic rings. The zero-order chi connectivity index (χ0) is 18.6. The van der Waals surface area contributed by atoms with Gasteiger partial charge in [0.05, 0.1) is 17.0 Å². The van der Waals surface area contributed by atoms with Crippen LogP contribution in [0.3, 0.4) is 0 Å². The van der Waals surface area contributed by atoms with Gasteiger partial charge in [-0.1, -0.05) is 31.0 Å². The van der Waals surface area contributed by atoms with Crippen molar-refractivity contribution >= 4 is 17.7 Å². The topological polar surface area (TPSA) is 117 Å². The highest BCUT2D eigenvalue weighted by Gasteiger charge is 2.35. The lowest BCUT2D eigenvalue weighted by atomic mass is 9.83. The molecule has 1 heterocycles. The number of nitrogens with zero attached hydrogens (tertiary/aromatic N) is 5. The van der Waals surface area contributed by atoms with Crippen molar-refractivity contribution < 1.29 is 9.90 Å². The van der Waals surface area contributed by atoms with Gasteiger partial charge >= 0.3 is 0 Å². The molecule has 1 amide bonds. The summed E-state index contributed by atoms with van der Waals surface area (Å²) in [7, 11) is 0. The van der Waals surface area contributed by atoms with E-state index in [1.807, 2.05) is 0 Å². The number of amides is 1. The first-order valence-corrected chi connectivity index (χ1v) is 9.39. The summed E-state index contributed by atoms with van der Waals surface area (Å²) in [6.45, 7) is 1.77. The SMILES string of the molecule is C[C@H](Sc1nnnn1-c1ccc(O)cc1)C(=O)NC1(C#N)CCCCC1. The molecule has 8 nitrogen and oxygen atoms in total. The molecule has 0 radical (unpaired) electrons. The predicted molar refractivity (Wildman–Crippen MR) is 95.7 cm³/mol. The van der Waals surface area contributed by atoms with Gasteiger partial charge in [-0.15, -0.1) is 5.10 Å². The molecule has 1 aliphatic rings. The highest BCUT2D eigenvalue weighted by molar-refractivity contribution is 8.00. The van der Waals surface area contributed by atoms with Crippen molar-refractivity contribution in [2.24, 2.45) is 0 Å². The Hall–Kier alpha value is -2.60. The van der Waals surface area contributed by atoms with E-state index in [9.17, 15) is 15.2 Å². The van der Waals surface area contributed by atoms with Crippen LogP contribution < -0.4 is 5.32 Å². The molecule has 1 aromatic heterocycles. The van der Waals surface area contributed by atoms with Crippen molar-refractivity contribution in [3.05, 3.63) is 24.3 Å². The van der Waals surface area contributed by atoms with E-state index in [0.717, 1.165) is 19.3 Å². The van der Waals surface area contributed by atoms with Crippen molar-refractivity contribution in [1.29, 1.82) is 5.26 Å². The van der Waals surface area contributed by atoms with Gasteiger partial charge in [0.25, 0.3) is 0 Å². The molecule has 9 heteroatoms. The molecule has 0 unspecified atom stereocenters. The normalized spacial score (nSPS) is 17.2. The van der Waals surface area contributed by atoms with Crippen LogP contribution in [0.15, 0.2) is 29.4 Å². The average Bonchev–Trinajstić information content (AvgIpc) is 3.11. The van der Waals surface area contributed by atoms with Crippen LogP contribution in [0.1, 0.15) is 39.0 Å². The molecular formula is C17H20N6O2S. The summed E-state index contributed by atoms with van der Waals surface area (Å²) in [6.07, 6.45) is 4.39. The van der Waals surface area contributed by atoms with Gasteiger partial charge in [0.1, 0.15) is 11.3 Å². The van der Waals surface area contributed by atoms with Gasteiger partial charge in [0.2, 0.25) is 11.1 Å². The molecule has 0 spiro atoms. The van der Waals surface area contributed by atoms with Crippen LogP contribution in [0, 0.1) is 11.3 Å². The molecule has 0 bridgehead atoms. The minimum atomic E-state index is -0.757. The number of rotatable bonds is 5. The van der Waals surface area contributed by atoms with Crippen LogP contribution in [0.2, 0.25) is 0 Å². The number of hydrogen-bond donors (Lipinski definition) is 2. The number of nitriles is 1. The Labute approximate surface area is 155 Å². The number of carbonyl (C=O) groups excluding carboxylic acids is 1. The zero-order valence-electron chi connectivity index (χ0n) is 14.4. The summed E-state index contributed by atoms with van der Waals surface area (Å²) in [5, 5.41) is 33.5. The van der Waals surface area contributed by atoms with Crippen LogP contribution in [0.5, 0.6) is 5.75 Å². The lowest BCUT2D eigenvalue weighted by Crippen LogP contribution is -2.50. The summed E-state index contributed by atoms with van der Waals surface area (Å²) in [5.41, 5.74) is -0.0729. The maximum atomic E-state index is 12.6. The number of tetrazole rings is 1. The molecule has 3 rings (SSSR count). The highest BCUT2D eigenvalue weighted by Crippen LogP contribution is 2.29. The van der Waals surface area contributed by atoms with Gasteiger partial charge in [-0.2, -0.15) is 9.94 Å². The van der Waals surface area contributed by atoms with Crippen molar-refractivity contribution in [3.63, 3.8) is 0 Å². The fourth-order valence-corrected chi connectivity index (χ4v) is 3.79. The molecule has 1 fully saturated rings. The molecule has 1 atom stereocenters. The Morgan fingerprint density at radius 1 is 1.35 bits per heavy atom. The van der Waals surface area contributed by atoms with E-state index in [1.54, 1.807) is 31.2 Å². The first-order chi connectivity index (χ1) is 12.5. The summed E-state index contributed by atoms with van der Waals surface area (Å²) in [5.74, 6) is -0.0447. The smallest absolute Gasteiger partial charge is 0.234 e. The molecule has 26 heavy (non-hydrogen) atoms. The Bertz CT molecular complexity index is 807. The number of hydrogen-bond acceptors (Lipinski definition) is 7. The lowest BCUT2D eigenvalue weighted by Gasteiger charge is -2.32. The molecule has 1 saturated carbocycles. The van der Waals surface area contributed by atoms with Gasteiger partial charge < -0.3 is 10.4 Å². The quantitative estimate of drug-likeness (QED) is 0.773. The lowest BCUT2D eigenvalue weighted by molar-refractivity contribution is -0.121. The van der Waals surface area contributed by atoms with Crippen molar-refractivity contribution in [3.8, 4) is 17.5 Å². The minimum Gasteiger partial charge on any atom is -0.508 e. The molecule has 136 valence electrons. The number of carbonyl (C=O) groups is 1. The molecule has 0 saturated heterocycles. The number of aromatic nitrogens is 4. The van der Waals surface area contributed by atoms with Crippen LogP contribution in [0.4, 0.5) is 0 Å². The van der Waals surface area contributed by atoms with Crippen LogP contribution in [0.25, 0.3) is 5.69 Å². The van der Waals surface area contributed by atoms with E-state index < -0.39 is 10.8 Å². The first kappa shape index (κ1) is 18.2. The average molecular weight is 372 g/mol. The Kier molecular flexibility index (Phi) is 5.42. The van der Waals surface area contributed by atoms with E-state index in [2.05, 4.69) is 26.9 Å². The van der Waals surface area contributed by atoms with E-state index in [4.69, 9.17) is 0 Å². The third-order valence-electron chi connectivity index (χ3n) is 4.47. The summed E-state index contributed by atoms with van der Waals surface area (Å²) < 4.78 is 1.51. The maximum absolute atomic E-state index is 12.6. The predicted octanol–water partition coefficient (Wildman–Crippen LogP) is 2.19. The van der Waals surface area contributed by atoms with Crippen LogP contribution in [-0.4, -0.2) is 42.0 Å². The molecule has 0 aliphatic heterocycles. The minimum absolute atomic E-state index is 0.151. The molecular weight excluding hydrogens is 352 g/mol. The first-order valence-electron chi connectivity index (χ1n) is 8.51. The number of nitrogens with one attached hydrogen (secondary N) is 1. The largest absolute Gasteiger partial charge is 0.508 e. The van der Waals surface area contributed by atoms with E-state index in [-0.39, 0.29) is 11.7 Å². The maximum Gasteiger partial charge on any atom is 0.234 e. The Morgan fingerprint density at radius 2 is 2.04 bits per heavy atom. The van der Waals surface area contributed by atoms with E-state index >= 15 is 0 Å². The second kappa shape index (κ2) is 7.74. The fourth-order valence-electron chi connectivity index (χ4n) is 2.98. The number of thioether (sulfide) groups is 1. The van der Waals surface area contributed by atoms with Gasteiger partial charge in [0.15, 0.2) is 0 Å². The number of phenols is 1.